The molecule has 2 heterocycles. The van der Waals surface area contributed by atoms with Crippen molar-refractivity contribution in [1.29, 1.82) is 0 Å². The summed E-state index contributed by atoms with van der Waals surface area (Å²) in [5.74, 6) is -1.16. The van der Waals surface area contributed by atoms with Crippen LogP contribution in [0.25, 0.3) is 0 Å². The monoisotopic (exact) mass is 275 g/mol. The molecule has 7 heteroatoms. The molecule has 2 rings (SSSR count). The van der Waals surface area contributed by atoms with Crippen molar-refractivity contribution in [2.45, 2.75) is 57.0 Å². The van der Waals surface area contributed by atoms with E-state index in [1.807, 2.05) is 0 Å². The summed E-state index contributed by atoms with van der Waals surface area (Å²) in [4.78, 5) is 10.9. The zero-order valence-corrected chi connectivity index (χ0v) is 11.4. The van der Waals surface area contributed by atoms with Gasteiger partial charge in [0.2, 0.25) is 0 Å². The zero-order valence-electron chi connectivity index (χ0n) is 11.4. The third-order valence-corrected chi connectivity index (χ3v) is 3.32. The summed E-state index contributed by atoms with van der Waals surface area (Å²) < 4.78 is 22.1. The van der Waals surface area contributed by atoms with Gasteiger partial charge in [-0.25, -0.2) is 0 Å². The quantitative estimate of drug-likeness (QED) is 0.647. The first kappa shape index (κ1) is 14.7. The molecule has 110 valence electrons. The first-order valence-corrected chi connectivity index (χ1v) is 6.35. The van der Waals surface area contributed by atoms with Crippen LogP contribution in [0.4, 0.5) is 0 Å². The van der Waals surface area contributed by atoms with E-state index in [-0.39, 0.29) is 19.3 Å². The van der Waals surface area contributed by atoms with Crippen LogP contribution < -0.4 is 5.73 Å². The summed E-state index contributed by atoms with van der Waals surface area (Å²) in [5.41, 5.74) is 6.02. The lowest BCUT2D eigenvalue weighted by Gasteiger charge is -2.39. The molecule has 0 amide bonds. The normalized spacial score (nSPS) is 40.8. The largest absolute Gasteiger partial charge is 0.463 e. The lowest BCUT2D eigenvalue weighted by atomic mass is 9.94. The van der Waals surface area contributed by atoms with Crippen molar-refractivity contribution in [2.75, 3.05) is 13.2 Å². The summed E-state index contributed by atoms with van der Waals surface area (Å²) in [7, 11) is 0. The molecule has 0 saturated carbocycles. The number of fused-ring (bicyclic) bond motifs is 1. The van der Waals surface area contributed by atoms with E-state index in [1.54, 1.807) is 13.8 Å². The summed E-state index contributed by atoms with van der Waals surface area (Å²) in [5, 5.41) is 9.30. The Kier molecular flexibility index (Phi) is 4.12. The second-order valence-corrected chi connectivity index (χ2v) is 5.34. The Hall–Kier alpha value is -0.730. The fourth-order valence-corrected chi connectivity index (χ4v) is 2.50. The molecule has 0 aromatic rings. The average Bonchev–Trinajstić information content (AvgIpc) is 2.64. The molecule has 5 atom stereocenters. The Morgan fingerprint density at radius 2 is 1.95 bits per heavy atom. The molecule has 0 radical (unpaired) electrons. The third kappa shape index (κ3) is 3.06. The van der Waals surface area contributed by atoms with Gasteiger partial charge in [0.25, 0.3) is 0 Å². The molecular weight excluding hydrogens is 254 g/mol. The van der Waals surface area contributed by atoms with Crippen molar-refractivity contribution >= 4 is 5.97 Å². The predicted octanol–water partition coefficient (Wildman–Crippen LogP) is -0.843. The Morgan fingerprint density at radius 1 is 1.32 bits per heavy atom. The van der Waals surface area contributed by atoms with Crippen LogP contribution in [-0.2, 0) is 23.7 Å². The lowest BCUT2D eigenvalue weighted by molar-refractivity contribution is -0.182. The van der Waals surface area contributed by atoms with Crippen LogP contribution in [-0.4, -0.2) is 60.5 Å². The maximum Gasteiger partial charge on any atom is 0.302 e. The molecular formula is C12H21NO6. The number of esters is 1. The minimum Gasteiger partial charge on any atom is -0.463 e. The van der Waals surface area contributed by atoms with Gasteiger partial charge in [0, 0.05) is 6.92 Å². The van der Waals surface area contributed by atoms with Crippen molar-refractivity contribution in [2.24, 2.45) is 5.73 Å². The highest BCUT2D eigenvalue weighted by molar-refractivity contribution is 5.65. The number of carbonyl (C=O) groups is 1. The van der Waals surface area contributed by atoms with E-state index in [1.165, 1.54) is 6.92 Å². The molecule has 0 aromatic carbocycles. The number of hydrogen-bond donors (Lipinski definition) is 2. The molecule has 3 N–H and O–H groups in total. The number of aliphatic hydroxyl groups is 1. The molecule has 0 bridgehead atoms. The molecule has 0 spiro atoms. The van der Waals surface area contributed by atoms with Crippen LogP contribution in [0.2, 0.25) is 0 Å². The van der Waals surface area contributed by atoms with Crippen LogP contribution in [0.3, 0.4) is 0 Å². The smallest absolute Gasteiger partial charge is 0.302 e. The van der Waals surface area contributed by atoms with Crippen LogP contribution in [0.5, 0.6) is 0 Å². The first-order chi connectivity index (χ1) is 8.84. The minimum absolute atomic E-state index is 0.0547. The van der Waals surface area contributed by atoms with E-state index in [9.17, 15) is 9.90 Å². The average molecular weight is 275 g/mol. The van der Waals surface area contributed by atoms with Gasteiger partial charge in [-0.15, -0.1) is 0 Å². The van der Waals surface area contributed by atoms with Gasteiger partial charge in [-0.3, -0.25) is 4.79 Å². The van der Waals surface area contributed by atoms with E-state index in [4.69, 9.17) is 24.7 Å². The standard InChI is InChI=1S/C12H21NO6/c1-6(15)16-5-8-10-11(19-12(2,3)18-10)9(13)7(4-14)17-8/h7-11,14H,4-5,13H2,1-3H3/t7?,8?,9-,10-,11?/m0/s1. The number of nitrogens with two attached hydrogens (primary N) is 1. The van der Waals surface area contributed by atoms with Crippen LogP contribution in [0.1, 0.15) is 20.8 Å². The molecule has 2 aliphatic heterocycles. The number of carbonyl (C=O) groups excluding carboxylic acids is 1. The molecule has 0 aromatic heterocycles. The number of hydrogen-bond acceptors (Lipinski definition) is 7. The summed E-state index contributed by atoms with van der Waals surface area (Å²) >= 11 is 0. The van der Waals surface area contributed by atoms with E-state index >= 15 is 0 Å². The van der Waals surface area contributed by atoms with Gasteiger partial charge in [-0.05, 0) is 13.8 Å². The van der Waals surface area contributed by atoms with Crippen molar-refractivity contribution in [1.82, 2.24) is 0 Å². The Morgan fingerprint density at radius 3 is 2.53 bits per heavy atom. The number of rotatable bonds is 3. The highest BCUT2D eigenvalue weighted by atomic mass is 16.8. The van der Waals surface area contributed by atoms with Crippen molar-refractivity contribution in [3.63, 3.8) is 0 Å². The fourth-order valence-electron chi connectivity index (χ4n) is 2.50. The van der Waals surface area contributed by atoms with Gasteiger partial charge in [-0.2, -0.15) is 0 Å². The first-order valence-electron chi connectivity index (χ1n) is 6.35. The van der Waals surface area contributed by atoms with Gasteiger partial charge in [0.05, 0.1) is 18.8 Å². The molecule has 0 aliphatic carbocycles. The van der Waals surface area contributed by atoms with Crippen molar-refractivity contribution in [3.05, 3.63) is 0 Å². The molecule has 2 fully saturated rings. The van der Waals surface area contributed by atoms with Gasteiger partial charge in [0.1, 0.15) is 24.9 Å². The Bertz CT molecular complexity index is 347. The third-order valence-electron chi connectivity index (χ3n) is 3.32. The Labute approximate surface area is 111 Å². The van der Waals surface area contributed by atoms with Crippen LogP contribution in [0, 0.1) is 0 Å². The topological polar surface area (TPSA) is 100 Å². The van der Waals surface area contributed by atoms with Crippen LogP contribution >= 0.6 is 0 Å². The molecule has 3 unspecified atom stereocenters. The van der Waals surface area contributed by atoms with Gasteiger partial charge < -0.3 is 29.8 Å². The number of ether oxygens (including phenoxy) is 4. The van der Waals surface area contributed by atoms with Gasteiger partial charge >= 0.3 is 5.97 Å². The SMILES string of the molecule is CC(=O)OCC1OC(CO)[C@H](N)C2OC(C)(C)O[C@@H]12. The van der Waals surface area contributed by atoms with Crippen molar-refractivity contribution in [3.8, 4) is 0 Å². The fraction of sp³-hybridized carbons (Fsp3) is 0.917. The molecule has 19 heavy (non-hydrogen) atoms. The van der Waals surface area contributed by atoms with E-state index in [0.29, 0.717) is 0 Å². The summed E-state index contributed by atoms with van der Waals surface area (Å²) in [6.07, 6.45) is -1.85. The second-order valence-electron chi connectivity index (χ2n) is 5.34. The van der Waals surface area contributed by atoms with Gasteiger partial charge in [-0.1, -0.05) is 0 Å². The van der Waals surface area contributed by atoms with Gasteiger partial charge in [0.15, 0.2) is 5.79 Å². The Balaban J connectivity index is 2.11. The second kappa shape index (κ2) is 5.34. The highest BCUT2D eigenvalue weighted by Gasteiger charge is 2.54. The number of aliphatic hydroxyl groups excluding tert-OH is 1. The minimum atomic E-state index is -0.769. The van der Waals surface area contributed by atoms with E-state index in [0.717, 1.165) is 0 Å². The molecule has 2 saturated heterocycles. The summed E-state index contributed by atoms with van der Waals surface area (Å²) in [6.45, 7) is 4.74. The van der Waals surface area contributed by atoms with Crippen LogP contribution in [0.15, 0.2) is 0 Å². The zero-order chi connectivity index (χ0) is 14.2. The maximum absolute atomic E-state index is 10.9. The lowest BCUT2D eigenvalue weighted by Crippen LogP contribution is -2.61. The highest BCUT2D eigenvalue weighted by Crippen LogP contribution is 2.36. The maximum atomic E-state index is 10.9. The molecule has 7 nitrogen and oxygen atoms in total. The molecule has 2 aliphatic rings. The predicted molar refractivity (Wildman–Crippen MR) is 64.2 cm³/mol. The van der Waals surface area contributed by atoms with E-state index < -0.39 is 36.1 Å². The van der Waals surface area contributed by atoms with Crippen molar-refractivity contribution < 1.29 is 28.8 Å². The van der Waals surface area contributed by atoms with E-state index in [2.05, 4.69) is 0 Å². The summed E-state index contributed by atoms with van der Waals surface area (Å²) in [6, 6.07) is -0.481.